The number of rotatable bonds is 9. The maximum absolute atomic E-state index is 13.5. The van der Waals surface area contributed by atoms with Gasteiger partial charge in [0.15, 0.2) is 0 Å². The van der Waals surface area contributed by atoms with Crippen molar-refractivity contribution in [2.75, 3.05) is 0 Å². The number of benzene rings is 1. The summed E-state index contributed by atoms with van der Waals surface area (Å²) in [6.07, 6.45) is 6.92. The highest BCUT2D eigenvalue weighted by atomic mass is 19.1. The lowest BCUT2D eigenvalue weighted by Crippen LogP contribution is -2.17. The van der Waals surface area contributed by atoms with Crippen LogP contribution in [0, 0.1) is 5.82 Å². The molecule has 0 aromatic heterocycles. The van der Waals surface area contributed by atoms with Crippen molar-refractivity contribution in [3.05, 3.63) is 35.6 Å². The van der Waals surface area contributed by atoms with Crippen LogP contribution in [-0.2, 0) is 11.3 Å². The van der Waals surface area contributed by atoms with Gasteiger partial charge in [-0.05, 0) is 18.7 Å². The van der Waals surface area contributed by atoms with Crippen LogP contribution < -0.4 is 0 Å². The fourth-order valence-electron chi connectivity index (χ4n) is 2.00. The molecule has 0 aliphatic rings. The Morgan fingerprint density at radius 2 is 1.67 bits per heavy atom. The van der Waals surface area contributed by atoms with Gasteiger partial charge in [-0.2, -0.15) is 0 Å². The molecular weight excluding hydrogens is 226 g/mol. The molecule has 3 heteroatoms. The summed E-state index contributed by atoms with van der Waals surface area (Å²) in [7, 11) is 0. The van der Waals surface area contributed by atoms with Crippen LogP contribution in [0.15, 0.2) is 24.3 Å². The molecule has 0 fully saturated rings. The average Bonchev–Trinajstić information content (AvgIpc) is 2.39. The van der Waals surface area contributed by atoms with Gasteiger partial charge < -0.3 is 4.65 Å². The van der Waals surface area contributed by atoms with Gasteiger partial charge in [0.1, 0.15) is 5.82 Å². The largest absolute Gasteiger partial charge is 0.432 e. The van der Waals surface area contributed by atoms with E-state index in [1.165, 1.54) is 31.7 Å². The quantitative estimate of drug-likeness (QED) is 0.564. The molecule has 0 amide bonds. The van der Waals surface area contributed by atoms with E-state index in [2.05, 4.69) is 13.8 Å². The molecule has 0 saturated heterocycles. The summed E-state index contributed by atoms with van der Waals surface area (Å²) >= 11 is 0. The third-order valence-corrected chi connectivity index (χ3v) is 3.19. The number of hydrogen-bond acceptors (Lipinski definition) is 1. The van der Waals surface area contributed by atoms with Crippen molar-refractivity contribution < 1.29 is 9.04 Å². The molecule has 0 saturated carbocycles. The van der Waals surface area contributed by atoms with Crippen molar-refractivity contribution >= 4 is 6.92 Å². The second-order valence-electron chi connectivity index (χ2n) is 4.81. The molecule has 0 N–H and O–H groups in total. The minimum absolute atomic E-state index is 0.165. The Morgan fingerprint density at radius 3 is 2.22 bits per heavy atom. The first-order valence-corrected chi connectivity index (χ1v) is 7.12. The van der Waals surface area contributed by atoms with Crippen LogP contribution in [0.1, 0.15) is 45.1 Å². The third kappa shape index (κ3) is 5.68. The molecule has 0 heterocycles. The summed E-state index contributed by atoms with van der Waals surface area (Å²) in [6, 6.07) is 6.86. The first-order valence-electron chi connectivity index (χ1n) is 7.12. The fraction of sp³-hybridized carbons (Fsp3) is 0.600. The van der Waals surface area contributed by atoms with Crippen LogP contribution in [-0.4, -0.2) is 6.92 Å². The Morgan fingerprint density at radius 1 is 1.06 bits per heavy atom. The summed E-state index contributed by atoms with van der Waals surface area (Å²) in [5, 5.41) is 0. The van der Waals surface area contributed by atoms with Crippen LogP contribution >= 0.6 is 0 Å². The molecule has 1 rings (SSSR count). The summed E-state index contributed by atoms with van der Waals surface area (Å²) in [5.41, 5.74) is 0.662. The zero-order chi connectivity index (χ0) is 13.2. The molecule has 0 aliphatic heterocycles. The van der Waals surface area contributed by atoms with Crippen LogP contribution in [0.25, 0.3) is 0 Å². The van der Waals surface area contributed by atoms with Crippen molar-refractivity contribution in [3.63, 3.8) is 0 Å². The summed E-state index contributed by atoms with van der Waals surface area (Å²) in [4.78, 5) is 0. The van der Waals surface area contributed by atoms with E-state index < -0.39 is 0 Å². The fourth-order valence-corrected chi connectivity index (χ4v) is 2.00. The number of halogens is 1. The van der Waals surface area contributed by atoms with Crippen molar-refractivity contribution in [2.24, 2.45) is 0 Å². The summed E-state index contributed by atoms with van der Waals surface area (Å²) in [5.74, 6) is -0.165. The van der Waals surface area contributed by atoms with Gasteiger partial charge in [-0.25, -0.2) is 4.39 Å². The molecule has 1 aromatic carbocycles. The smallest absolute Gasteiger partial charge is 0.293 e. The van der Waals surface area contributed by atoms with Crippen LogP contribution in [0.4, 0.5) is 4.39 Å². The molecule has 100 valence electrons. The van der Waals surface area contributed by atoms with Crippen molar-refractivity contribution in [2.45, 2.75) is 58.8 Å². The summed E-state index contributed by atoms with van der Waals surface area (Å²) in [6.45, 7) is 5.05. The Kier molecular flexibility index (Phi) is 7.74. The van der Waals surface area contributed by atoms with Gasteiger partial charge in [0, 0.05) is 5.56 Å². The molecule has 0 atom stereocenters. The van der Waals surface area contributed by atoms with Gasteiger partial charge in [0.25, 0.3) is 6.92 Å². The number of unbranched alkanes of at least 4 members (excludes halogenated alkanes) is 2. The first kappa shape index (κ1) is 15.2. The van der Waals surface area contributed by atoms with Crippen molar-refractivity contribution in [3.8, 4) is 0 Å². The topological polar surface area (TPSA) is 9.23 Å². The van der Waals surface area contributed by atoms with E-state index >= 15 is 0 Å². The molecule has 1 nitrogen and oxygen atoms in total. The highest BCUT2D eigenvalue weighted by Crippen LogP contribution is 2.15. The Hall–Kier alpha value is -0.825. The van der Waals surface area contributed by atoms with E-state index in [1.54, 1.807) is 12.1 Å². The zero-order valence-electron chi connectivity index (χ0n) is 11.6. The predicted octanol–water partition coefficient (Wildman–Crippen LogP) is 4.93. The Balaban J connectivity index is 2.42. The van der Waals surface area contributed by atoms with E-state index in [0.717, 1.165) is 12.6 Å². The van der Waals surface area contributed by atoms with Crippen molar-refractivity contribution in [1.82, 2.24) is 0 Å². The van der Waals surface area contributed by atoms with Crippen LogP contribution in [0.2, 0.25) is 12.6 Å². The van der Waals surface area contributed by atoms with E-state index in [4.69, 9.17) is 4.65 Å². The lowest BCUT2D eigenvalue weighted by molar-refractivity contribution is 0.298. The molecule has 0 aliphatic carbocycles. The normalized spacial score (nSPS) is 10.6. The maximum atomic E-state index is 13.5. The minimum atomic E-state index is -0.165. The lowest BCUT2D eigenvalue weighted by Gasteiger charge is -2.14. The maximum Gasteiger partial charge on any atom is 0.293 e. The van der Waals surface area contributed by atoms with Crippen molar-refractivity contribution in [1.29, 1.82) is 0 Å². The molecular formula is C15H24BFO. The van der Waals surface area contributed by atoms with E-state index in [0.29, 0.717) is 12.2 Å². The van der Waals surface area contributed by atoms with Crippen LogP contribution in [0.5, 0.6) is 0 Å². The standard InChI is InChI=1S/C15H24BFO/c1-3-5-11-16(12-6-4-2)18-13-14-9-7-8-10-15(14)17/h7-10H,3-6,11-13H2,1-2H3. The second-order valence-corrected chi connectivity index (χ2v) is 4.81. The highest BCUT2D eigenvalue weighted by Gasteiger charge is 2.15. The molecule has 0 radical (unpaired) electrons. The SMILES string of the molecule is CCCCB(CCCC)OCc1ccccc1F. The monoisotopic (exact) mass is 250 g/mol. The highest BCUT2D eigenvalue weighted by molar-refractivity contribution is 6.51. The Labute approximate surface area is 111 Å². The average molecular weight is 250 g/mol. The van der Waals surface area contributed by atoms with Gasteiger partial charge in [0.05, 0.1) is 6.61 Å². The van der Waals surface area contributed by atoms with E-state index in [-0.39, 0.29) is 12.7 Å². The second kappa shape index (κ2) is 9.15. The molecule has 0 unspecified atom stereocenters. The first-order chi connectivity index (χ1) is 8.77. The number of hydrogen-bond donors (Lipinski definition) is 0. The van der Waals surface area contributed by atoms with Gasteiger partial charge in [0.2, 0.25) is 0 Å². The van der Waals surface area contributed by atoms with E-state index in [1.807, 2.05) is 6.07 Å². The van der Waals surface area contributed by atoms with Gasteiger partial charge in [-0.15, -0.1) is 0 Å². The molecule has 18 heavy (non-hydrogen) atoms. The predicted molar refractivity (Wildman–Crippen MR) is 76.4 cm³/mol. The van der Waals surface area contributed by atoms with Gasteiger partial charge in [-0.3, -0.25) is 0 Å². The Bertz CT molecular complexity index is 322. The van der Waals surface area contributed by atoms with Crippen LogP contribution in [0.3, 0.4) is 0 Å². The van der Waals surface area contributed by atoms with E-state index in [9.17, 15) is 4.39 Å². The lowest BCUT2D eigenvalue weighted by atomic mass is 9.59. The third-order valence-electron chi connectivity index (χ3n) is 3.19. The van der Waals surface area contributed by atoms with Gasteiger partial charge in [-0.1, -0.05) is 57.7 Å². The molecule has 0 spiro atoms. The minimum Gasteiger partial charge on any atom is -0.432 e. The summed E-state index contributed by atoms with van der Waals surface area (Å²) < 4.78 is 19.3. The molecule has 1 aromatic rings. The molecule has 0 bridgehead atoms. The zero-order valence-corrected chi connectivity index (χ0v) is 11.6. The van der Waals surface area contributed by atoms with Gasteiger partial charge >= 0.3 is 0 Å².